The van der Waals surface area contributed by atoms with Crippen LogP contribution in [0.15, 0.2) is 30.3 Å². The highest BCUT2D eigenvalue weighted by Gasteiger charge is 2.12. The number of nitriles is 1. The molecule has 0 spiro atoms. The molecule has 2 rings (SSSR count). The summed E-state index contributed by atoms with van der Waals surface area (Å²) in [7, 11) is 0. The molecule has 0 atom stereocenters. The van der Waals surface area contributed by atoms with E-state index in [-0.39, 0.29) is 22.9 Å². The fourth-order valence-corrected chi connectivity index (χ4v) is 1.43. The minimum Gasteiger partial charge on any atom is -0.432 e. The van der Waals surface area contributed by atoms with Gasteiger partial charge in [0.25, 0.3) is 0 Å². The first-order valence-corrected chi connectivity index (χ1v) is 5.21. The topological polar surface area (TPSA) is 71.9 Å². The summed E-state index contributed by atoms with van der Waals surface area (Å²) in [6, 6.07) is 9.39. The monoisotopic (exact) mass is 243 g/mol. The number of hydrogen-bond acceptors (Lipinski definition) is 4. The molecule has 0 unspecified atom stereocenters. The van der Waals surface area contributed by atoms with Crippen LogP contribution in [0.25, 0.3) is 0 Å². The average molecular weight is 243 g/mol. The molecule has 1 aromatic carbocycles. The summed E-state index contributed by atoms with van der Waals surface area (Å²) in [5.74, 6) is -0.663. The van der Waals surface area contributed by atoms with Crippen LogP contribution in [0.2, 0.25) is 0 Å². The largest absolute Gasteiger partial charge is 0.432 e. The Morgan fingerprint density at radius 1 is 1.33 bits per heavy atom. The van der Waals surface area contributed by atoms with E-state index in [1.807, 2.05) is 6.07 Å². The van der Waals surface area contributed by atoms with Crippen molar-refractivity contribution < 1.29 is 9.13 Å². The van der Waals surface area contributed by atoms with Gasteiger partial charge in [0.05, 0.1) is 5.69 Å². The Labute approximate surface area is 103 Å². The normalized spacial score (nSPS) is 9.83. The minimum absolute atomic E-state index is 0.0503. The predicted octanol–water partition coefficient (Wildman–Crippen LogP) is 2.78. The van der Waals surface area contributed by atoms with Crippen LogP contribution in [0.1, 0.15) is 11.3 Å². The first-order chi connectivity index (χ1) is 8.61. The number of benzene rings is 1. The minimum atomic E-state index is -0.595. The van der Waals surface area contributed by atoms with E-state index in [1.54, 1.807) is 19.1 Å². The molecule has 2 N–H and O–H groups in total. The SMILES string of the molecule is Cc1ccc(C#N)c(Oc2c(N)cccc2F)n1. The maximum absolute atomic E-state index is 13.6. The molecule has 0 aliphatic carbocycles. The molecule has 0 saturated heterocycles. The quantitative estimate of drug-likeness (QED) is 0.823. The van der Waals surface area contributed by atoms with Gasteiger partial charge in [-0.05, 0) is 31.2 Å². The third-order valence-electron chi connectivity index (χ3n) is 2.32. The van der Waals surface area contributed by atoms with Crippen LogP contribution in [-0.2, 0) is 0 Å². The smallest absolute Gasteiger partial charge is 0.237 e. The summed E-state index contributed by atoms with van der Waals surface area (Å²) < 4.78 is 18.9. The summed E-state index contributed by atoms with van der Waals surface area (Å²) in [6.07, 6.45) is 0. The van der Waals surface area contributed by atoms with E-state index in [2.05, 4.69) is 4.98 Å². The lowest BCUT2D eigenvalue weighted by molar-refractivity contribution is 0.427. The van der Waals surface area contributed by atoms with Crippen molar-refractivity contribution in [2.24, 2.45) is 0 Å². The van der Waals surface area contributed by atoms with Gasteiger partial charge in [-0.1, -0.05) is 6.07 Å². The molecule has 0 aliphatic heterocycles. The zero-order chi connectivity index (χ0) is 13.1. The summed E-state index contributed by atoms with van der Waals surface area (Å²) in [6.45, 7) is 1.75. The number of hydrogen-bond donors (Lipinski definition) is 1. The molecule has 2 aromatic rings. The molecule has 18 heavy (non-hydrogen) atoms. The molecule has 1 heterocycles. The molecule has 90 valence electrons. The number of anilines is 1. The predicted molar refractivity (Wildman–Crippen MR) is 64.6 cm³/mol. The summed E-state index contributed by atoms with van der Waals surface area (Å²) in [5.41, 5.74) is 6.67. The summed E-state index contributed by atoms with van der Waals surface area (Å²) in [5, 5.41) is 8.93. The Bertz CT molecular complexity index is 614. The molecule has 5 heteroatoms. The fraction of sp³-hybridized carbons (Fsp3) is 0.0769. The van der Waals surface area contributed by atoms with Crippen molar-refractivity contribution in [3.63, 3.8) is 0 Å². The molecular formula is C13H10FN3O. The van der Waals surface area contributed by atoms with Crippen molar-refractivity contribution in [3.8, 4) is 17.7 Å². The van der Waals surface area contributed by atoms with Crippen LogP contribution in [0.4, 0.5) is 10.1 Å². The van der Waals surface area contributed by atoms with Gasteiger partial charge in [0.2, 0.25) is 5.88 Å². The molecule has 4 nitrogen and oxygen atoms in total. The maximum atomic E-state index is 13.6. The van der Waals surface area contributed by atoms with Crippen LogP contribution in [0.3, 0.4) is 0 Å². The third-order valence-corrected chi connectivity index (χ3v) is 2.32. The molecular weight excluding hydrogens is 233 g/mol. The van der Waals surface area contributed by atoms with Crippen LogP contribution in [-0.4, -0.2) is 4.98 Å². The van der Waals surface area contributed by atoms with Gasteiger partial charge < -0.3 is 10.5 Å². The fourth-order valence-electron chi connectivity index (χ4n) is 1.43. The van der Waals surface area contributed by atoms with Gasteiger partial charge in [0, 0.05) is 5.69 Å². The van der Waals surface area contributed by atoms with Crippen LogP contribution in [0, 0.1) is 24.1 Å². The van der Waals surface area contributed by atoms with Gasteiger partial charge in [0.15, 0.2) is 11.6 Å². The highest BCUT2D eigenvalue weighted by atomic mass is 19.1. The van der Waals surface area contributed by atoms with Crippen LogP contribution in [0.5, 0.6) is 11.6 Å². The third kappa shape index (κ3) is 2.23. The molecule has 1 aromatic heterocycles. The van der Waals surface area contributed by atoms with E-state index < -0.39 is 5.82 Å². The van der Waals surface area contributed by atoms with Gasteiger partial charge in [-0.25, -0.2) is 9.37 Å². The van der Waals surface area contributed by atoms with Crippen molar-refractivity contribution in [1.82, 2.24) is 4.98 Å². The van der Waals surface area contributed by atoms with E-state index in [9.17, 15) is 4.39 Å². The van der Waals surface area contributed by atoms with Gasteiger partial charge in [-0.15, -0.1) is 0 Å². The number of aryl methyl sites for hydroxylation is 1. The van der Waals surface area contributed by atoms with Crippen molar-refractivity contribution in [2.45, 2.75) is 6.92 Å². The lowest BCUT2D eigenvalue weighted by Gasteiger charge is -2.09. The first-order valence-electron chi connectivity index (χ1n) is 5.21. The zero-order valence-corrected chi connectivity index (χ0v) is 9.64. The van der Waals surface area contributed by atoms with Crippen molar-refractivity contribution in [3.05, 3.63) is 47.4 Å². The average Bonchev–Trinajstić information content (AvgIpc) is 2.34. The second-order valence-electron chi connectivity index (χ2n) is 3.68. The van der Waals surface area contributed by atoms with Crippen LogP contribution < -0.4 is 10.5 Å². The number of nitrogen functional groups attached to an aromatic ring is 1. The molecule has 0 radical (unpaired) electrons. The van der Waals surface area contributed by atoms with E-state index in [4.69, 9.17) is 15.7 Å². The number of rotatable bonds is 2. The van der Waals surface area contributed by atoms with Gasteiger partial charge >= 0.3 is 0 Å². The van der Waals surface area contributed by atoms with Crippen molar-refractivity contribution in [1.29, 1.82) is 5.26 Å². The number of pyridine rings is 1. The lowest BCUT2D eigenvalue weighted by atomic mass is 10.2. The van der Waals surface area contributed by atoms with E-state index >= 15 is 0 Å². The second kappa shape index (κ2) is 4.72. The summed E-state index contributed by atoms with van der Waals surface area (Å²) >= 11 is 0. The molecule has 0 fully saturated rings. The standard InChI is InChI=1S/C13H10FN3O/c1-8-5-6-9(7-15)13(17-8)18-12-10(14)3-2-4-11(12)16/h2-6H,16H2,1H3. The highest BCUT2D eigenvalue weighted by molar-refractivity contribution is 5.55. The number of nitrogens with two attached hydrogens (primary N) is 1. The van der Waals surface area contributed by atoms with E-state index in [0.717, 1.165) is 0 Å². The van der Waals surface area contributed by atoms with Gasteiger partial charge in [0.1, 0.15) is 11.6 Å². The number of ether oxygens (including phenoxy) is 1. The highest BCUT2D eigenvalue weighted by Crippen LogP contribution is 2.30. The number of halogens is 1. The number of para-hydroxylation sites is 1. The summed E-state index contributed by atoms with van der Waals surface area (Å²) in [4.78, 5) is 4.05. The second-order valence-corrected chi connectivity index (χ2v) is 3.68. The molecule has 0 saturated carbocycles. The van der Waals surface area contributed by atoms with Gasteiger partial charge in [-0.3, -0.25) is 0 Å². The molecule has 0 bridgehead atoms. The maximum Gasteiger partial charge on any atom is 0.237 e. The van der Waals surface area contributed by atoms with Crippen molar-refractivity contribution >= 4 is 5.69 Å². The Kier molecular flexibility index (Phi) is 3.11. The Morgan fingerprint density at radius 2 is 2.11 bits per heavy atom. The molecule has 0 aliphatic rings. The van der Waals surface area contributed by atoms with E-state index in [0.29, 0.717) is 5.69 Å². The number of nitrogens with zero attached hydrogens (tertiary/aromatic N) is 2. The molecule has 0 amide bonds. The van der Waals surface area contributed by atoms with E-state index in [1.165, 1.54) is 18.2 Å². The Morgan fingerprint density at radius 3 is 2.78 bits per heavy atom. The Hall–Kier alpha value is -2.61. The lowest BCUT2D eigenvalue weighted by Crippen LogP contribution is -1.99. The Balaban J connectivity index is 2.46. The number of aromatic nitrogens is 1. The van der Waals surface area contributed by atoms with Gasteiger partial charge in [-0.2, -0.15) is 5.26 Å². The van der Waals surface area contributed by atoms with Crippen LogP contribution >= 0.6 is 0 Å². The first kappa shape index (κ1) is 11.9. The zero-order valence-electron chi connectivity index (χ0n) is 9.64. The van der Waals surface area contributed by atoms with Crippen molar-refractivity contribution in [2.75, 3.05) is 5.73 Å².